The first-order chi connectivity index (χ1) is 15.8. The summed E-state index contributed by atoms with van der Waals surface area (Å²) in [6, 6.07) is 12.3. The van der Waals surface area contributed by atoms with E-state index in [1.807, 2.05) is 12.1 Å². The number of hydrogen-bond donors (Lipinski definition) is 0. The maximum absolute atomic E-state index is 15.3. The zero-order chi connectivity index (χ0) is 23.8. The molecular formula is C25H22F5O2P. The fraction of sp³-hybridized carbons (Fsp3) is 0.280. The van der Waals surface area contributed by atoms with Crippen molar-refractivity contribution in [1.29, 1.82) is 0 Å². The Bertz CT molecular complexity index is 1160. The smallest absolute Gasteiger partial charge is 0.326 e. The van der Waals surface area contributed by atoms with Crippen molar-refractivity contribution in [2.75, 3.05) is 6.61 Å². The molecule has 0 saturated carbocycles. The van der Waals surface area contributed by atoms with Crippen LogP contribution in [0.4, 0.5) is 21.8 Å². The molecule has 0 amide bonds. The van der Waals surface area contributed by atoms with E-state index in [1.165, 1.54) is 24.3 Å². The van der Waals surface area contributed by atoms with Crippen LogP contribution in [0.2, 0.25) is 0 Å². The maximum atomic E-state index is 15.3. The lowest BCUT2D eigenvalue weighted by Crippen LogP contribution is -2.28. The van der Waals surface area contributed by atoms with Gasteiger partial charge in [0.2, 0.25) is 0 Å². The highest BCUT2D eigenvalue weighted by Gasteiger charge is 2.53. The van der Waals surface area contributed by atoms with E-state index in [1.54, 1.807) is 19.1 Å². The van der Waals surface area contributed by atoms with Gasteiger partial charge in [-0.05, 0) is 54.3 Å². The second-order valence-corrected chi connectivity index (χ2v) is 9.24. The number of ether oxygens (including phenoxy) is 2. The van der Waals surface area contributed by atoms with Crippen LogP contribution in [0.15, 0.2) is 48.5 Å². The second-order valence-electron chi connectivity index (χ2n) is 7.67. The van der Waals surface area contributed by atoms with Gasteiger partial charge in [0.1, 0.15) is 18.2 Å². The zero-order valence-electron chi connectivity index (χ0n) is 18.1. The van der Waals surface area contributed by atoms with Gasteiger partial charge in [0.15, 0.2) is 19.8 Å². The van der Waals surface area contributed by atoms with E-state index < -0.39 is 36.4 Å². The first-order valence-corrected chi connectivity index (χ1v) is 11.9. The molecule has 0 N–H and O–H groups in total. The lowest BCUT2D eigenvalue weighted by molar-refractivity contribution is 0.0879. The first-order valence-electron chi connectivity index (χ1n) is 10.6. The van der Waals surface area contributed by atoms with Gasteiger partial charge in [-0.15, -0.1) is 0 Å². The van der Waals surface area contributed by atoms with Gasteiger partial charge < -0.3 is 9.47 Å². The highest BCUT2D eigenvalue weighted by Crippen LogP contribution is 2.65. The molecule has 1 aliphatic heterocycles. The SMILES string of the molecule is CCCc1ccc(OCc2ccc3c(c2F)C(F)(F)P(F)c2c-3ccc(OCC)c2F)cc1. The van der Waals surface area contributed by atoms with Crippen LogP contribution in [0.5, 0.6) is 11.5 Å². The summed E-state index contributed by atoms with van der Waals surface area (Å²) in [4.78, 5) is 0. The molecule has 3 aromatic rings. The minimum absolute atomic E-state index is 0.0895. The van der Waals surface area contributed by atoms with E-state index in [2.05, 4.69) is 6.92 Å². The summed E-state index contributed by atoms with van der Waals surface area (Å²) >= 11 is 0. The normalized spacial score (nSPS) is 16.2. The van der Waals surface area contributed by atoms with Gasteiger partial charge in [-0.3, -0.25) is 0 Å². The molecule has 3 aromatic carbocycles. The van der Waals surface area contributed by atoms with Gasteiger partial charge in [0.25, 0.3) is 0 Å². The Balaban J connectivity index is 1.70. The van der Waals surface area contributed by atoms with Crippen LogP contribution in [-0.2, 0) is 18.7 Å². The minimum Gasteiger partial charge on any atom is -0.491 e. The number of rotatable bonds is 7. The van der Waals surface area contributed by atoms with E-state index >= 15 is 13.2 Å². The van der Waals surface area contributed by atoms with Crippen LogP contribution in [0.1, 0.15) is 37.0 Å². The number of aryl methyl sites for hydroxylation is 1. The topological polar surface area (TPSA) is 18.5 Å². The lowest BCUT2D eigenvalue weighted by Gasteiger charge is -2.31. The molecule has 0 aliphatic carbocycles. The quantitative estimate of drug-likeness (QED) is 0.256. The summed E-state index contributed by atoms with van der Waals surface area (Å²) in [6.45, 7) is 3.44. The van der Waals surface area contributed by atoms with Crippen LogP contribution in [0.25, 0.3) is 11.1 Å². The van der Waals surface area contributed by atoms with E-state index in [-0.39, 0.29) is 35.7 Å². The zero-order valence-corrected chi connectivity index (χ0v) is 19.0. The van der Waals surface area contributed by atoms with Crippen molar-refractivity contribution < 1.29 is 31.2 Å². The van der Waals surface area contributed by atoms with Gasteiger partial charge in [0, 0.05) is 5.56 Å². The van der Waals surface area contributed by atoms with Gasteiger partial charge in [0.05, 0.1) is 17.5 Å². The lowest BCUT2D eigenvalue weighted by atomic mass is 9.95. The minimum atomic E-state index is -4.20. The summed E-state index contributed by atoms with van der Waals surface area (Å²) in [6.07, 6.45) is 1.90. The number of alkyl halides is 2. The monoisotopic (exact) mass is 480 g/mol. The van der Waals surface area contributed by atoms with E-state index in [4.69, 9.17) is 9.47 Å². The molecule has 4 rings (SSSR count). The Morgan fingerprint density at radius 3 is 2.21 bits per heavy atom. The molecule has 0 spiro atoms. The third-order valence-electron chi connectivity index (χ3n) is 5.49. The molecule has 1 unspecified atom stereocenters. The molecule has 1 aliphatic rings. The molecular weight excluding hydrogens is 458 g/mol. The molecule has 0 bridgehead atoms. The van der Waals surface area contributed by atoms with Gasteiger partial charge in [-0.25, -0.2) is 13.0 Å². The van der Waals surface area contributed by atoms with Crippen molar-refractivity contribution in [2.24, 2.45) is 0 Å². The van der Waals surface area contributed by atoms with Crippen molar-refractivity contribution in [1.82, 2.24) is 0 Å². The molecule has 2 nitrogen and oxygen atoms in total. The third-order valence-corrected chi connectivity index (χ3v) is 7.04. The molecule has 174 valence electrons. The highest BCUT2D eigenvalue weighted by molar-refractivity contribution is 7.61. The third kappa shape index (κ3) is 4.19. The molecule has 0 radical (unpaired) electrons. The van der Waals surface area contributed by atoms with Gasteiger partial charge >= 0.3 is 5.66 Å². The van der Waals surface area contributed by atoms with Gasteiger partial charge in [-0.2, -0.15) is 8.78 Å². The average molecular weight is 480 g/mol. The van der Waals surface area contributed by atoms with Crippen LogP contribution >= 0.6 is 8.23 Å². The Morgan fingerprint density at radius 1 is 0.848 bits per heavy atom. The molecule has 1 atom stereocenters. The van der Waals surface area contributed by atoms with Crippen LogP contribution < -0.4 is 14.8 Å². The fourth-order valence-electron chi connectivity index (χ4n) is 3.91. The molecule has 8 heteroatoms. The summed E-state index contributed by atoms with van der Waals surface area (Å²) in [5.41, 5.74) is -4.61. The summed E-state index contributed by atoms with van der Waals surface area (Å²) in [5, 5.41) is -0.760. The molecule has 33 heavy (non-hydrogen) atoms. The molecule has 0 fully saturated rings. The van der Waals surface area contributed by atoms with E-state index in [0.717, 1.165) is 18.4 Å². The fourth-order valence-corrected chi connectivity index (χ4v) is 5.30. The number of fused-ring (bicyclic) bond motifs is 3. The van der Waals surface area contributed by atoms with Gasteiger partial charge in [-0.1, -0.05) is 37.6 Å². The predicted octanol–water partition coefficient (Wildman–Crippen LogP) is 7.62. The number of halogens is 5. The summed E-state index contributed by atoms with van der Waals surface area (Å²) in [7, 11) is -3.84. The second kappa shape index (κ2) is 9.30. The first kappa shape index (κ1) is 23.5. The number of benzene rings is 3. The number of hydrogen-bond acceptors (Lipinski definition) is 2. The standard InChI is InChI=1S/C25H22F5O2P/c1-3-5-15-6-9-17(10-7-15)32-14-16-8-11-18-19-12-13-20(31-4-2)23(27)24(19)33(30)25(28,29)21(18)22(16)26/h6-13H,3-5,14H2,1-2H3. The average Bonchev–Trinajstić information content (AvgIpc) is 2.79. The Labute approximate surface area is 190 Å². The van der Waals surface area contributed by atoms with Crippen molar-refractivity contribution in [3.05, 3.63) is 76.9 Å². The molecule has 1 heterocycles. The molecule has 0 saturated heterocycles. The Kier molecular flexibility index (Phi) is 6.62. The van der Waals surface area contributed by atoms with Crippen molar-refractivity contribution in [3.8, 4) is 22.6 Å². The Hall–Kier alpha value is -2.66. The summed E-state index contributed by atoms with van der Waals surface area (Å²) in [5.74, 6) is -2.27. The van der Waals surface area contributed by atoms with Crippen molar-refractivity contribution in [3.63, 3.8) is 0 Å². The van der Waals surface area contributed by atoms with Crippen LogP contribution in [0, 0.1) is 11.6 Å². The predicted molar refractivity (Wildman–Crippen MR) is 119 cm³/mol. The highest BCUT2D eigenvalue weighted by atomic mass is 31.2. The van der Waals surface area contributed by atoms with Crippen molar-refractivity contribution in [2.45, 2.75) is 39.0 Å². The Morgan fingerprint density at radius 2 is 1.55 bits per heavy atom. The summed E-state index contributed by atoms with van der Waals surface area (Å²) < 4.78 is 85.8. The van der Waals surface area contributed by atoms with Crippen molar-refractivity contribution >= 4 is 13.5 Å². The van der Waals surface area contributed by atoms with E-state index in [9.17, 15) is 8.59 Å². The molecule has 0 aromatic heterocycles. The largest absolute Gasteiger partial charge is 0.491 e. The van der Waals surface area contributed by atoms with Crippen LogP contribution in [-0.4, -0.2) is 6.61 Å². The van der Waals surface area contributed by atoms with Crippen LogP contribution in [0.3, 0.4) is 0 Å². The maximum Gasteiger partial charge on any atom is 0.326 e. The van der Waals surface area contributed by atoms with E-state index in [0.29, 0.717) is 5.75 Å².